The molecule has 0 aromatic heterocycles. The summed E-state index contributed by atoms with van der Waals surface area (Å²) >= 11 is 0. The molecule has 0 aliphatic heterocycles. The summed E-state index contributed by atoms with van der Waals surface area (Å²) in [5.41, 5.74) is 12.0. The van der Waals surface area contributed by atoms with Gasteiger partial charge in [0.05, 0.1) is 0 Å². The average molecular weight is 165 g/mol. The van der Waals surface area contributed by atoms with Crippen molar-refractivity contribution in [3.05, 3.63) is 29.8 Å². The van der Waals surface area contributed by atoms with Gasteiger partial charge in [-0.2, -0.15) is 0 Å². The molecule has 1 aromatic rings. The highest BCUT2D eigenvalue weighted by atomic mass is 16.2. The smallest absolute Gasteiger partial charge is 0.312 e. The van der Waals surface area contributed by atoms with Crippen molar-refractivity contribution in [3.8, 4) is 0 Å². The minimum Gasteiger partial charge on any atom is -0.399 e. The standard InChI is InChI=1S/C8H11N3O/c9-7-3-1-2-6(4-7)5-11-8(10)12/h1-4H,5,9H2,(H3,10,11,12). The van der Waals surface area contributed by atoms with Crippen LogP contribution in [0, 0.1) is 0 Å². The molecule has 1 aromatic carbocycles. The zero-order chi connectivity index (χ0) is 8.97. The van der Waals surface area contributed by atoms with Crippen LogP contribution < -0.4 is 16.8 Å². The van der Waals surface area contributed by atoms with Crippen LogP contribution in [-0.4, -0.2) is 6.03 Å². The van der Waals surface area contributed by atoms with Crippen LogP contribution in [0.25, 0.3) is 0 Å². The van der Waals surface area contributed by atoms with E-state index in [2.05, 4.69) is 5.32 Å². The molecule has 0 aliphatic carbocycles. The Morgan fingerprint density at radius 3 is 2.83 bits per heavy atom. The van der Waals surface area contributed by atoms with Gasteiger partial charge in [-0.25, -0.2) is 4.79 Å². The summed E-state index contributed by atoms with van der Waals surface area (Å²) in [6, 6.07) is 6.74. The second-order valence-electron chi connectivity index (χ2n) is 2.46. The number of hydrogen-bond acceptors (Lipinski definition) is 2. The van der Waals surface area contributed by atoms with Crippen molar-refractivity contribution in [2.24, 2.45) is 5.73 Å². The van der Waals surface area contributed by atoms with Crippen molar-refractivity contribution in [3.63, 3.8) is 0 Å². The molecule has 5 N–H and O–H groups in total. The number of hydrogen-bond donors (Lipinski definition) is 3. The highest BCUT2D eigenvalue weighted by molar-refractivity contribution is 5.71. The van der Waals surface area contributed by atoms with E-state index in [1.54, 1.807) is 12.1 Å². The summed E-state index contributed by atoms with van der Waals surface area (Å²) in [6.45, 7) is 0.417. The summed E-state index contributed by atoms with van der Waals surface area (Å²) in [5, 5.41) is 2.47. The van der Waals surface area contributed by atoms with Gasteiger partial charge in [-0.15, -0.1) is 0 Å². The molecule has 4 nitrogen and oxygen atoms in total. The number of nitrogen functional groups attached to an aromatic ring is 1. The zero-order valence-electron chi connectivity index (χ0n) is 6.58. The fourth-order valence-electron chi connectivity index (χ4n) is 0.892. The number of carbonyl (C=O) groups is 1. The molecule has 2 amide bonds. The highest BCUT2D eigenvalue weighted by Gasteiger charge is 1.94. The van der Waals surface area contributed by atoms with E-state index >= 15 is 0 Å². The molecule has 64 valence electrons. The van der Waals surface area contributed by atoms with Gasteiger partial charge < -0.3 is 16.8 Å². The van der Waals surface area contributed by atoms with Crippen molar-refractivity contribution in [1.29, 1.82) is 0 Å². The monoisotopic (exact) mass is 165 g/mol. The van der Waals surface area contributed by atoms with Crippen LogP contribution in [0.5, 0.6) is 0 Å². The van der Waals surface area contributed by atoms with Gasteiger partial charge in [0.1, 0.15) is 0 Å². The number of rotatable bonds is 2. The molecule has 0 saturated heterocycles. The molecule has 0 heterocycles. The number of anilines is 1. The molecular weight excluding hydrogens is 154 g/mol. The van der Waals surface area contributed by atoms with Crippen LogP contribution >= 0.6 is 0 Å². The number of amides is 2. The average Bonchev–Trinajstić information content (AvgIpc) is 2.01. The van der Waals surface area contributed by atoms with E-state index in [0.29, 0.717) is 12.2 Å². The fourth-order valence-corrected chi connectivity index (χ4v) is 0.892. The number of nitrogens with two attached hydrogens (primary N) is 2. The van der Waals surface area contributed by atoms with Crippen molar-refractivity contribution in [2.45, 2.75) is 6.54 Å². The molecule has 0 saturated carbocycles. The molecule has 0 aliphatic rings. The lowest BCUT2D eigenvalue weighted by Gasteiger charge is -2.02. The van der Waals surface area contributed by atoms with Crippen molar-refractivity contribution >= 4 is 11.7 Å². The number of urea groups is 1. The van der Waals surface area contributed by atoms with Crippen molar-refractivity contribution < 1.29 is 4.79 Å². The first kappa shape index (κ1) is 8.39. The minimum absolute atomic E-state index is 0.417. The summed E-state index contributed by atoms with van der Waals surface area (Å²) in [6.07, 6.45) is 0. The Morgan fingerprint density at radius 2 is 2.25 bits per heavy atom. The van der Waals surface area contributed by atoms with E-state index in [9.17, 15) is 4.79 Å². The molecule has 0 spiro atoms. The molecular formula is C8H11N3O. The first-order valence-electron chi connectivity index (χ1n) is 3.56. The summed E-state index contributed by atoms with van der Waals surface area (Å²) in [7, 11) is 0. The van der Waals surface area contributed by atoms with Crippen LogP contribution in [0.15, 0.2) is 24.3 Å². The lowest BCUT2D eigenvalue weighted by atomic mass is 10.2. The Hall–Kier alpha value is -1.71. The number of nitrogens with one attached hydrogen (secondary N) is 1. The molecule has 0 fully saturated rings. The van der Waals surface area contributed by atoms with Gasteiger partial charge in [-0.05, 0) is 17.7 Å². The number of benzene rings is 1. The van der Waals surface area contributed by atoms with Crippen molar-refractivity contribution in [1.82, 2.24) is 5.32 Å². The third kappa shape index (κ3) is 2.49. The van der Waals surface area contributed by atoms with Gasteiger partial charge in [0.25, 0.3) is 0 Å². The van der Waals surface area contributed by atoms with E-state index in [1.807, 2.05) is 12.1 Å². The van der Waals surface area contributed by atoms with Crippen LogP contribution in [-0.2, 0) is 6.54 Å². The Bertz CT molecular complexity index is 285. The maximum atomic E-state index is 10.3. The normalized spacial score (nSPS) is 9.33. The van der Waals surface area contributed by atoms with Gasteiger partial charge in [0.2, 0.25) is 0 Å². The Labute approximate surface area is 70.6 Å². The molecule has 0 atom stereocenters. The van der Waals surface area contributed by atoms with Gasteiger partial charge in [-0.3, -0.25) is 0 Å². The Kier molecular flexibility index (Phi) is 2.53. The summed E-state index contributed by atoms with van der Waals surface area (Å²) in [5.74, 6) is 0. The highest BCUT2D eigenvalue weighted by Crippen LogP contribution is 2.05. The third-order valence-electron chi connectivity index (χ3n) is 1.42. The summed E-state index contributed by atoms with van der Waals surface area (Å²) in [4.78, 5) is 10.3. The van der Waals surface area contributed by atoms with Gasteiger partial charge in [0.15, 0.2) is 0 Å². The van der Waals surface area contributed by atoms with E-state index in [4.69, 9.17) is 11.5 Å². The zero-order valence-corrected chi connectivity index (χ0v) is 6.58. The topological polar surface area (TPSA) is 81.1 Å². The quantitative estimate of drug-likeness (QED) is 0.556. The third-order valence-corrected chi connectivity index (χ3v) is 1.42. The molecule has 1 rings (SSSR count). The number of carbonyl (C=O) groups excluding carboxylic acids is 1. The minimum atomic E-state index is -0.530. The van der Waals surface area contributed by atoms with E-state index < -0.39 is 6.03 Å². The molecule has 0 radical (unpaired) electrons. The predicted octanol–water partition coefficient (Wildman–Crippen LogP) is 0.437. The van der Waals surface area contributed by atoms with Gasteiger partial charge in [0, 0.05) is 12.2 Å². The van der Waals surface area contributed by atoms with E-state index in [0.717, 1.165) is 5.56 Å². The van der Waals surface area contributed by atoms with Gasteiger partial charge in [-0.1, -0.05) is 12.1 Å². The molecule has 0 unspecified atom stereocenters. The second-order valence-corrected chi connectivity index (χ2v) is 2.46. The number of primary amides is 1. The lowest BCUT2D eigenvalue weighted by molar-refractivity contribution is 0.248. The van der Waals surface area contributed by atoms with Gasteiger partial charge >= 0.3 is 6.03 Å². The maximum absolute atomic E-state index is 10.3. The molecule has 0 bridgehead atoms. The summed E-state index contributed by atoms with van der Waals surface area (Å²) < 4.78 is 0. The fraction of sp³-hybridized carbons (Fsp3) is 0.125. The first-order valence-corrected chi connectivity index (χ1v) is 3.56. The lowest BCUT2D eigenvalue weighted by Crippen LogP contribution is -2.28. The van der Waals surface area contributed by atoms with Crippen LogP contribution in [0.2, 0.25) is 0 Å². The van der Waals surface area contributed by atoms with E-state index in [-0.39, 0.29) is 0 Å². The first-order chi connectivity index (χ1) is 5.68. The SMILES string of the molecule is NC(=O)NCc1cccc(N)c1. The van der Waals surface area contributed by atoms with Crippen LogP contribution in [0.1, 0.15) is 5.56 Å². The van der Waals surface area contributed by atoms with E-state index in [1.165, 1.54) is 0 Å². The molecule has 12 heavy (non-hydrogen) atoms. The largest absolute Gasteiger partial charge is 0.399 e. The Morgan fingerprint density at radius 1 is 1.50 bits per heavy atom. The Balaban J connectivity index is 2.57. The van der Waals surface area contributed by atoms with Crippen molar-refractivity contribution in [2.75, 3.05) is 5.73 Å². The predicted molar refractivity (Wildman–Crippen MR) is 47.3 cm³/mol. The maximum Gasteiger partial charge on any atom is 0.312 e. The molecule has 4 heteroatoms. The van der Waals surface area contributed by atoms with Crippen LogP contribution in [0.4, 0.5) is 10.5 Å². The van der Waals surface area contributed by atoms with Crippen LogP contribution in [0.3, 0.4) is 0 Å². The second kappa shape index (κ2) is 3.61.